The quantitative estimate of drug-likeness (QED) is 0.631. The minimum Gasteiger partial charge on any atom is -0.475 e. The Bertz CT molecular complexity index is 541. The van der Waals surface area contributed by atoms with Crippen molar-refractivity contribution < 1.29 is 14.3 Å². The standard InChI is InChI=1S/C15H22ClN3O3/c1-15(2,3)22-14(20)12(11-4-5-18-11)21-10-6-9(7-17)13(16)19-8-10/h6,8,11-12,18H,4-5,7,17H2,1-3H3/t11-,12?/m0/s1. The largest absolute Gasteiger partial charge is 0.475 e. The van der Waals surface area contributed by atoms with Gasteiger partial charge < -0.3 is 20.5 Å². The van der Waals surface area contributed by atoms with Crippen LogP contribution >= 0.6 is 11.6 Å². The molecule has 2 atom stereocenters. The number of carbonyl (C=O) groups excluding carboxylic acids is 1. The average Bonchev–Trinajstić information content (AvgIpc) is 2.36. The fourth-order valence-corrected chi connectivity index (χ4v) is 2.23. The van der Waals surface area contributed by atoms with Crippen molar-refractivity contribution in [3.8, 4) is 5.75 Å². The topological polar surface area (TPSA) is 86.5 Å². The molecule has 122 valence electrons. The number of hydrogen-bond donors (Lipinski definition) is 2. The van der Waals surface area contributed by atoms with Gasteiger partial charge in [-0.25, -0.2) is 9.78 Å². The third-order valence-corrected chi connectivity index (χ3v) is 3.58. The number of pyridine rings is 1. The van der Waals surface area contributed by atoms with Crippen LogP contribution in [0.15, 0.2) is 12.3 Å². The Morgan fingerprint density at radius 2 is 2.27 bits per heavy atom. The summed E-state index contributed by atoms with van der Waals surface area (Å²) in [4.78, 5) is 16.4. The van der Waals surface area contributed by atoms with Gasteiger partial charge in [-0.3, -0.25) is 0 Å². The van der Waals surface area contributed by atoms with E-state index in [9.17, 15) is 4.79 Å². The van der Waals surface area contributed by atoms with Crippen molar-refractivity contribution in [3.05, 3.63) is 23.0 Å². The van der Waals surface area contributed by atoms with Gasteiger partial charge in [0.05, 0.1) is 12.2 Å². The van der Waals surface area contributed by atoms with Crippen LogP contribution in [0.5, 0.6) is 5.75 Å². The van der Waals surface area contributed by atoms with Crippen LogP contribution in [0.1, 0.15) is 32.8 Å². The van der Waals surface area contributed by atoms with Crippen molar-refractivity contribution in [1.29, 1.82) is 0 Å². The number of carbonyl (C=O) groups is 1. The van der Waals surface area contributed by atoms with Crippen LogP contribution in [-0.4, -0.2) is 35.2 Å². The van der Waals surface area contributed by atoms with Crippen LogP contribution in [0.3, 0.4) is 0 Å². The highest BCUT2D eigenvalue weighted by atomic mass is 35.5. The maximum Gasteiger partial charge on any atom is 0.349 e. The predicted octanol–water partition coefficient (Wildman–Crippen LogP) is 1.64. The van der Waals surface area contributed by atoms with Gasteiger partial charge in [-0.2, -0.15) is 0 Å². The number of rotatable bonds is 5. The molecule has 1 fully saturated rings. The molecule has 1 aliphatic rings. The lowest BCUT2D eigenvalue weighted by Crippen LogP contribution is -2.57. The third-order valence-electron chi connectivity index (χ3n) is 3.24. The van der Waals surface area contributed by atoms with Crippen molar-refractivity contribution in [2.24, 2.45) is 5.73 Å². The van der Waals surface area contributed by atoms with Crippen LogP contribution in [0.25, 0.3) is 0 Å². The molecule has 2 rings (SSSR count). The molecule has 1 aromatic heterocycles. The van der Waals surface area contributed by atoms with Gasteiger partial charge in [0.15, 0.2) is 0 Å². The van der Waals surface area contributed by atoms with Crippen LogP contribution in [-0.2, 0) is 16.1 Å². The molecule has 0 aromatic carbocycles. The summed E-state index contributed by atoms with van der Waals surface area (Å²) in [6.45, 7) is 6.59. The molecule has 6 nitrogen and oxygen atoms in total. The van der Waals surface area contributed by atoms with Gasteiger partial charge in [0, 0.05) is 12.1 Å². The summed E-state index contributed by atoms with van der Waals surface area (Å²) in [6, 6.07) is 1.64. The predicted molar refractivity (Wildman–Crippen MR) is 83.8 cm³/mol. The molecule has 0 saturated carbocycles. The molecule has 0 radical (unpaired) electrons. The Balaban J connectivity index is 2.14. The van der Waals surface area contributed by atoms with Gasteiger partial charge in [-0.15, -0.1) is 0 Å². The fraction of sp³-hybridized carbons (Fsp3) is 0.600. The molecular formula is C15H22ClN3O3. The van der Waals surface area contributed by atoms with E-state index in [0.717, 1.165) is 13.0 Å². The number of esters is 1. The SMILES string of the molecule is CC(C)(C)OC(=O)C(Oc1cnc(Cl)c(CN)c1)[C@@H]1CCN1. The molecule has 3 N–H and O–H groups in total. The number of halogens is 1. The van der Waals surface area contributed by atoms with Crippen molar-refractivity contribution in [2.75, 3.05) is 6.54 Å². The summed E-state index contributed by atoms with van der Waals surface area (Å²) in [5.74, 6) is 0.0587. The Morgan fingerprint density at radius 1 is 1.59 bits per heavy atom. The maximum atomic E-state index is 12.4. The van der Waals surface area contributed by atoms with E-state index >= 15 is 0 Å². The lowest BCUT2D eigenvalue weighted by Gasteiger charge is -2.35. The van der Waals surface area contributed by atoms with Crippen molar-refractivity contribution in [2.45, 2.75) is 51.5 Å². The zero-order chi connectivity index (χ0) is 16.3. The second kappa shape index (κ2) is 6.81. The molecule has 1 aliphatic heterocycles. The van der Waals surface area contributed by atoms with Crippen LogP contribution in [0.4, 0.5) is 0 Å². The number of hydrogen-bond acceptors (Lipinski definition) is 6. The van der Waals surface area contributed by atoms with E-state index in [1.54, 1.807) is 6.07 Å². The van der Waals surface area contributed by atoms with Gasteiger partial charge in [-0.1, -0.05) is 11.6 Å². The number of ether oxygens (including phenoxy) is 2. The summed E-state index contributed by atoms with van der Waals surface area (Å²) >= 11 is 5.93. The molecule has 7 heteroatoms. The van der Waals surface area contributed by atoms with Crippen LogP contribution < -0.4 is 15.8 Å². The summed E-state index contributed by atoms with van der Waals surface area (Å²) in [5, 5.41) is 3.51. The minimum absolute atomic E-state index is 0.0631. The maximum absolute atomic E-state index is 12.4. The second-order valence-electron chi connectivity index (χ2n) is 6.25. The van der Waals surface area contributed by atoms with E-state index in [4.69, 9.17) is 26.8 Å². The van der Waals surface area contributed by atoms with Crippen LogP contribution in [0.2, 0.25) is 5.15 Å². The number of nitrogens with zero attached hydrogens (tertiary/aromatic N) is 1. The summed E-state index contributed by atoms with van der Waals surface area (Å²) in [5.41, 5.74) is 5.71. The van der Waals surface area contributed by atoms with E-state index in [1.165, 1.54) is 6.20 Å². The highest BCUT2D eigenvalue weighted by Gasteiger charge is 2.37. The van der Waals surface area contributed by atoms with Crippen molar-refractivity contribution in [3.63, 3.8) is 0 Å². The molecule has 0 bridgehead atoms. The number of nitrogens with one attached hydrogen (secondary N) is 1. The van der Waals surface area contributed by atoms with Crippen molar-refractivity contribution in [1.82, 2.24) is 10.3 Å². The Morgan fingerprint density at radius 3 is 2.77 bits per heavy atom. The molecular weight excluding hydrogens is 306 g/mol. The van der Waals surface area contributed by atoms with Gasteiger partial charge in [-0.05, 0) is 39.8 Å². The van der Waals surface area contributed by atoms with Crippen molar-refractivity contribution >= 4 is 17.6 Å². The first kappa shape index (κ1) is 17.0. The number of aromatic nitrogens is 1. The molecule has 1 unspecified atom stereocenters. The van der Waals surface area contributed by atoms with Gasteiger partial charge in [0.2, 0.25) is 6.10 Å². The third kappa shape index (κ3) is 4.32. The highest BCUT2D eigenvalue weighted by molar-refractivity contribution is 6.30. The summed E-state index contributed by atoms with van der Waals surface area (Å²) in [6.07, 6.45) is 1.62. The fourth-order valence-electron chi connectivity index (χ4n) is 2.05. The zero-order valence-corrected chi connectivity index (χ0v) is 13.8. The monoisotopic (exact) mass is 327 g/mol. The first-order valence-corrected chi connectivity index (χ1v) is 7.65. The molecule has 1 saturated heterocycles. The van der Waals surface area contributed by atoms with Gasteiger partial charge in [0.25, 0.3) is 0 Å². The minimum atomic E-state index is -0.721. The summed E-state index contributed by atoms with van der Waals surface area (Å²) in [7, 11) is 0. The molecule has 0 spiro atoms. The first-order valence-electron chi connectivity index (χ1n) is 7.27. The molecule has 2 heterocycles. The van der Waals surface area contributed by atoms with Crippen LogP contribution in [0, 0.1) is 0 Å². The van der Waals surface area contributed by atoms with E-state index in [0.29, 0.717) is 16.5 Å². The second-order valence-corrected chi connectivity index (χ2v) is 6.60. The Hall–Kier alpha value is -1.37. The molecule has 22 heavy (non-hydrogen) atoms. The van der Waals surface area contributed by atoms with E-state index < -0.39 is 17.7 Å². The Kier molecular flexibility index (Phi) is 5.26. The smallest absolute Gasteiger partial charge is 0.349 e. The summed E-state index contributed by atoms with van der Waals surface area (Å²) < 4.78 is 11.2. The highest BCUT2D eigenvalue weighted by Crippen LogP contribution is 2.23. The average molecular weight is 328 g/mol. The molecule has 1 aromatic rings. The molecule has 0 aliphatic carbocycles. The first-order chi connectivity index (χ1) is 10.3. The zero-order valence-electron chi connectivity index (χ0n) is 13.1. The molecule has 0 amide bonds. The van der Waals surface area contributed by atoms with E-state index in [1.807, 2.05) is 20.8 Å². The van der Waals surface area contributed by atoms with E-state index in [2.05, 4.69) is 10.3 Å². The van der Waals surface area contributed by atoms with E-state index in [-0.39, 0.29) is 12.6 Å². The number of nitrogens with two attached hydrogens (primary N) is 1. The normalized spacial score (nSPS) is 19.2. The van der Waals surface area contributed by atoms with Gasteiger partial charge in [0.1, 0.15) is 16.5 Å². The van der Waals surface area contributed by atoms with Gasteiger partial charge >= 0.3 is 5.97 Å². The lowest BCUT2D eigenvalue weighted by molar-refractivity contribution is -0.165. The lowest BCUT2D eigenvalue weighted by atomic mass is 10.0. The Labute approximate surface area is 135 Å².